The summed E-state index contributed by atoms with van der Waals surface area (Å²) in [6.07, 6.45) is 0.968. The average Bonchev–Trinajstić information content (AvgIpc) is 3.13. The third kappa shape index (κ3) is 4.35. The molecule has 0 radical (unpaired) electrons. The number of hydrogen-bond donors (Lipinski definition) is 0. The monoisotopic (exact) mass is 409 g/mol. The number of rotatable bonds is 7. The van der Waals surface area contributed by atoms with Gasteiger partial charge in [-0.1, -0.05) is 23.7 Å². The van der Waals surface area contributed by atoms with Crippen LogP contribution in [0.1, 0.15) is 19.8 Å². The second-order valence-electron chi connectivity index (χ2n) is 6.58. The molecule has 0 saturated heterocycles. The van der Waals surface area contributed by atoms with Crippen molar-refractivity contribution >= 4 is 39.4 Å². The number of benzene rings is 3. The molecule has 3 aromatic carbocycles. The zero-order valence-corrected chi connectivity index (χ0v) is 16.7. The number of nitrogens with zero attached hydrogens (tertiary/aromatic N) is 1. The fraction of sp³-hybridized carbons (Fsp3) is 0.217. The number of aromatic nitrogens is 1. The van der Waals surface area contributed by atoms with E-state index in [2.05, 4.69) is 4.98 Å². The van der Waals surface area contributed by atoms with Gasteiger partial charge in [0.25, 0.3) is 0 Å². The third-order valence-corrected chi connectivity index (χ3v) is 4.77. The molecular weight excluding hydrogens is 390 g/mol. The van der Waals surface area contributed by atoms with Crippen LogP contribution in [-0.2, 0) is 9.53 Å². The predicted octanol–water partition coefficient (Wildman–Crippen LogP) is 6.02. The quantitative estimate of drug-likeness (QED) is 0.276. The molecule has 0 spiro atoms. The van der Waals surface area contributed by atoms with E-state index in [0.29, 0.717) is 42.6 Å². The van der Waals surface area contributed by atoms with Crippen LogP contribution in [0.3, 0.4) is 0 Å². The zero-order valence-electron chi connectivity index (χ0n) is 16.0. The summed E-state index contributed by atoms with van der Waals surface area (Å²) in [6, 6.07) is 17.2. The molecular formula is C23H20ClNO4. The summed E-state index contributed by atoms with van der Waals surface area (Å²) in [5, 5.41) is 2.66. The van der Waals surface area contributed by atoms with Gasteiger partial charge in [0.15, 0.2) is 5.58 Å². The topological polar surface area (TPSA) is 61.6 Å². The third-order valence-electron chi connectivity index (χ3n) is 4.53. The van der Waals surface area contributed by atoms with E-state index in [9.17, 15) is 4.79 Å². The molecule has 29 heavy (non-hydrogen) atoms. The molecule has 4 aromatic rings. The van der Waals surface area contributed by atoms with E-state index >= 15 is 0 Å². The van der Waals surface area contributed by atoms with Crippen molar-refractivity contribution in [1.29, 1.82) is 0 Å². The molecule has 0 N–H and O–H groups in total. The molecule has 6 heteroatoms. The molecule has 0 aliphatic carbocycles. The average molecular weight is 410 g/mol. The van der Waals surface area contributed by atoms with Crippen molar-refractivity contribution in [1.82, 2.24) is 4.98 Å². The summed E-state index contributed by atoms with van der Waals surface area (Å²) < 4.78 is 16.6. The van der Waals surface area contributed by atoms with Crippen molar-refractivity contribution in [3.63, 3.8) is 0 Å². The first-order chi connectivity index (χ1) is 14.1. The van der Waals surface area contributed by atoms with Crippen molar-refractivity contribution in [3.8, 4) is 17.2 Å². The van der Waals surface area contributed by atoms with Crippen molar-refractivity contribution < 1.29 is 18.7 Å². The minimum absolute atomic E-state index is 0.195. The maximum atomic E-state index is 11.4. The van der Waals surface area contributed by atoms with Crippen LogP contribution in [-0.4, -0.2) is 24.2 Å². The van der Waals surface area contributed by atoms with E-state index in [1.54, 1.807) is 19.1 Å². The lowest BCUT2D eigenvalue weighted by atomic mass is 10.0. The summed E-state index contributed by atoms with van der Waals surface area (Å²) in [5.74, 6) is 1.11. The minimum Gasteiger partial charge on any atom is -0.494 e. The van der Waals surface area contributed by atoms with Crippen molar-refractivity contribution in [2.45, 2.75) is 19.8 Å². The summed E-state index contributed by atoms with van der Waals surface area (Å²) in [4.78, 5) is 16.0. The fourth-order valence-corrected chi connectivity index (χ4v) is 3.36. The molecule has 0 aliphatic rings. The van der Waals surface area contributed by atoms with Gasteiger partial charge in [0.05, 0.1) is 13.2 Å². The highest BCUT2D eigenvalue weighted by molar-refractivity contribution is 6.31. The highest BCUT2D eigenvalue weighted by atomic mass is 35.5. The van der Waals surface area contributed by atoms with Gasteiger partial charge in [0.1, 0.15) is 11.3 Å². The van der Waals surface area contributed by atoms with Crippen LogP contribution >= 0.6 is 11.6 Å². The zero-order chi connectivity index (χ0) is 20.2. The molecule has 5 nitrogen and oxygen atoms in total. The molecule has 1 heterocycles. The first-order valence-corrected chi connectivity index (χ1v) is 9.89. The Morgan fingerprint density at radius 2 is 2.03 bits per heavy atom. The Kier molecular flexibility index (Phi) is 5.67. The molecule has 0 atom stereocenters. The standard InChI is InChI=1S/C23H20ClNO4/c1-2-27-22(26)7-4-12-28-17-9-10-18-15(13-17)5-3-6-19(18)23-25-20-14-16(24)8-11-21(20)29-23/h3,5-6,8-11,13-14H,2,4,7,12H2,1H3. The molecule has 148 valence electrons. The van der Waals surface area contributed by atoms with Gasteiger partial charge in [-0.25, -0.2) is 4.98 Å². The highest BCUT2D eigenvalue weighted by Gasteiger charge is 2.12. The molecule has 0 fully saturated rings. The predicted molar refractivity (Wildman–Crippen MR) is 113 cm³/mol. The first kappa shape index (κ1) is 19.3. The summed E-state index contributed by atoms with van der Waals surface area (Å²) in [7, 11) is 0. The maximum Gasteiger partial charge on any atom is 0.305 e. The lowest BCUT2D eigenvalue weighted by molar-refractivity contribution is -0.143. The largest absolute Gasteiger partial charge is 0.494 e. The van der Waals surface area contributed by atoms with Crippen molar-refractivity contribution in [3.05, 3.63) is 59.6 Å². The van der Waals surface area contributed by atoms with Crippen LogP contribution in [0, 0.1) is 0 Å². The lowest BCUT2D eigenvalue weighted by Crippen LogP contribution is -2.06. The van der Waals surface area contributed by atoms with E-state index in [1.807, 2.05) is 42.5 Å². The number of carbonyl (C=O) groups excluding carboxylic acids is 1. The Morgan fingerprint density at radius 1 is 1.14 bits per heavy atom. The Bertz CT molecular complexity index is 1170. The second-order valence-corrected chi connectivity index (χ2v) is 7.01. The number of carbonyl (C=O) groups is 1. The van der Waals surface area contributed by atoms with Gasteiger partial charge in [0.2, 0.25) is 5.89 Å². The van der Waals surface area contributed by atoms with Gasteiger partial charge in [-0.15, -0.1) is 0 Å². The number of fused-ring (bicyclic) bond motifs is 2. The van der Waals surface area contributed by atoms with Gasteiger partial charge in [-0.3, -0.25) is 4.79 Å². The lowest BCUT2D eigenvalue weighted by Gasteiger charge is -2.09. The SMILES string of the molecule is CCOC(=O)CCCOc1ccc2c(-c3nc4cc(Cl)ccc4o3)cccc2c1. The number of oxazole rings is 1. The Hall–Kier alpha value is -3.05. The minimum atomic E-state index is -0.195. The molecule has 0 unspecified atom stereocenters. The van der Waals surface area contributed by atoms with E-state index in [4.69, 9.17) is 25.5 Å². The van der Waals surface area contributed by atoms with Gasteiger partial charge in [0, 0.05) is 17.0 Å². The number of halogens is 1. The normalized spacial score (nSPS) is 11.1. The van der Waals surface area contributed by atoms with Gasteiger partial charge >= 0.3 is 5.97 Å². The summed E-state index contributed by atoms with van der Waals surface area (Å²) in [6.45, 7) is 2.66. The Morgan fingerprint density at radius 3 is 2.90 bits per heavy atom. The fourth-order valence-electron chi connectivity index (χ4n) is 3.19. The van der Waals surface area contributed by atoms with E-state index < -0.39 is 0 Å². The number of ether oxygens (including phenoxy) is 2. The van der Waals surface area contributed by atoms with Crippen LogP contribution in [0.25, 0.3) is 33.3 Å². The summed E-state index contributed by atoms with van der Waals surface area (Å²) >= 11 is 6.05. The van der Waals surface area contributed by atoms with E-state index in [-0.39, 0.29) is 5.97 Å². The van der Waals surface area contributed by atoms with Gasteiger partial charge < -0.3 is 13.9 Å². The second kappa shape index (κ2) is 8.53. The summed E-state index contributed by atoms with van der Waals surface area (Å²) in [5.41, 5.74) is 2.33. The first-order valence-electron chi connectivity index (χ1n) is 9.51. The molecule has 0 bridgehead atoms. The van der Waals surface area contributed by atoms with Crippen LogP contribution in [0.2, 0.25) is 5.02 Å². The highest BCUT2D eigenvalue weighted by Crippen LogP contribution is 2.33. The van der Waals surface area contributed by atoms with Crippen molar-refractivity contribution in [2.75, 3.05) is 13.2 Å². The van der Waals surface area contributed by atoms with Gasteiger partial charge in [-0.05, 0) is 66.6 Å². The Balaban J connectivity index is 1.53. The maximum absolute atomic E-state index is 11.4. The smallest absolute Gasteiger partial charge is 0.305 e. The molecule has 4 rings (SSSR count). The molecule has 0 saturated carbocycles. The van der Waals surface area contributed by atoms with Crippen LogP contribution in [0.15, 0.2) is 59.0 Å². The van der Waals surface area contributed by atoms with Crippen LogP contribution in [0.4, 0.5) is 0 Å². The van der Waals surface area contributed by atoms with E-state index in [1.165, 1.54) is 0 Å². The van der Waals surface area contributed by atoms with Crippen molar-refractivity contribution in [2.24, 2.45) is 0 Å². The Labute approximate surface area is 173 Å². The molecule has 0 amide bonds. The number of esters is 1. The van der Waals surface area contributed by atoms with E-state index in [0.717, 1.165) is 27.6 Å². The number of hydrogen-bond acceptors (Lipinski definition) is 5. The molecule has 1 aromatic heterocycles. The molecule has 0 aliphatic heterocycles. The van der Waals surface area contributed by atoms with Gasteiger partial charge in [-0.2, -0.15) is 0 Å². The van der Waals surface area contributed by atoms with Crippen LogP contribution < -0.4 is 4.74 Å². The van der Waals surface area contributed by atoms with Crippen LogP contribution in [0.5, 0.6) is 5.75 Å².